The average Bonchev–Trinajstić information content (AvgIpc) is 2.83. The third-order valence-corrected chi connectivity index (χ3v) is 5.19. The fourth-order valence-electron chi connectivity index (χ4n) is 3.80. The van der Waals surface area contributed by atoms with Crippen LogP contribution in [-0.2, 0) is 9.59 Å². The van der Waals surface area contributed by atoms with Crippen LogP contribution in [0.1, 0.15) is 13.3 Å². The Morgan fingerprint density at radius 1 is 1.11 bits per heavy atom. The number of benzene rings is 1. The Bertz CT molecular complexity index is 851. The molecule has 8 heteroatoms. The van der Waals surface area contributed by atoms with Crippen molar-refractivity contribution in [3.63, 3.8) is 0 Å². The van der Waals surface area contributed by atoms with Crippen LogP contribution in [-0.4, -0.2) is 65.4 Å². The third kappa shape index (κ3) is 3.82. The highest BCUT2D eigenvalue weighted by Crippen LogP contribution is 2.31. The Hall–Kier alpha value is -3.00. The van der Waals surface area contributed by atoms with Crippen molar-refractivity contribution >= 4 is 29.1 Å². The van der Waals surface area contributed by atoms with Crippen molar-refractivity contribution in [2.75, 3.05) is 47.8 Å². The number of amides is 2. The number of fused-ring (bicyclic) bond motifs is 1. The molecular formula is C20H24N6O2. The first-order chi connectivity index (χ1) is 13.6. The van der Waals surface area contributed by atoms with E-state index in [2.05, 4.69) is 25.1 Å². The highest BCUT2D eigenvalue weighted by Gasteiger charge is 2.31. The topological polar surface area (TPSA) is 81.7 Å². The molecule has 1 aromatic carbocycles. The van der Waals surface area contributed by atoms with Gasteiger partial charge in [-0.2, -0.15) is 0 Å². The number of rotatable bonds is 3. The maximum absolute atomic E-state index is 13.2. The van der Waals surface area contributed by atoms with Crippen molar-refractivity contribution < 1.29 is 9.59 Å². The zero-order valence-corrected chi connectivity index (χ0v) is 15.9. The second-order valence-corrected chi connectivity index (χ2v) is 7.19. The van der Waals surface area contributed by atoms with Gasteiger partial charge in [-0.05, 0) is 25.1 Å². The molecule has 2 amide bonds. The molecule has 146 valence electrons. The molecule has 1 fully saturated rings. The molecule has 0 saturated carbocycles. The molecule has 0 aliphatic carbocycles. The predicted molar refractivity (Wildman–Crippen MR) is 107 cm³/mol. The molecular weight excluding hydrogens is 356 g/mol. The van der Waals surface area contributed by atoms with Gasteiger partial charge in [-0.3, -0.25) is 14.5 Å². The van der Waals surface area contributed by atoms with Crippen LogP contribution in [0.2, 0.25) is 0 Å². The molecule has 0 spiro atoms. The normalized spacial score (nSPS) is 20.3. The van der Waals surface area contributed by atoms with E-state index in [4.69, 9.17) is 0 Å². The molecule has 2 aliphatic heterocycles. The second-order valence-electron chi connectivity index (χ2n) is 7.19. The minimum absolute atomic E-state index is 0.0147. The van der Waals surface area contributed by atoms with Gasteiger partial charge in [-0.25, -0.2) is 9.97 Å². The molecule has 0 radical (unpaired) electrons. The number of anilines is 3. The number of nitrogens with one attached hydrogen (secondary N) is 1. The van der Waals surface area contributed by atoms with Crippen molar-refractivity contribution in [1.82, 2.24) is 14.9 Å². The highest BCUT2D eigenvalue weighted by atomic mass is 16.2. The molecule has 3 heterocycles. The third-order valence-electron chi connectivity index (χ3n) is 5.19. The van der Waals surface area contributed by atoms with Crippen LogP contribution in [0.15, 0.2) is 42.7 Å². The number of piperazine rings is 1. The van der Waals surface area contributed by atoms with Crippen LogP contribution in [0.5, 0.6) is 0 Å². The summed E-state index contributed by atoms with van der Waals surface area (Å²) in [5.74, 6) is 0.681. The fourth-order valence-corrected chi connectivity index (χ4v) is 3.80. The second kappa shape index (κ2) is 7.93. The summed E-state index contributed by atoms with van der Waals surface area (Å²) < 4.78 is 0. The molecule has 1 atom stereocenters. The minimum atomic E-state index is -0.185. The number of carbonyl (C=O) groups is 2. The summed E-state index contributed by atoms with van der Waals surface area (Å²) in [4.78, 5) is 39.9. The molecule has 1 N–H and O–H groups in total. The first kappa shape index (κ1) is 18.4. The van der Waals surface area contributed by atoms with Gasteiger partial charge in [0.1, 0.15) is 0 Å². The smallest absolute Gasteiger partial charge is 0.241 e. The summed E-state index contributed by atoms with van der Waals surface area (Å²) in [6.07, 6.45) is 3.77. The van der Waals surface area contributed by atoms with E-state index in [1.165, 1.54) is 0 Å². The van der Waals surface area contributed by atoms with Gasteiger partial charge in [-0.1, -0.05) is 12.1 Å². The molecule has 1 saturated heterocycles. The monoisotopic (exact) mass is 380 g/mol. The maximum Gasteiger partial charge on any atom is 0.241 e. The number of nitrogens with zero attached hydrogens (tertiary/aromatic N) is 5. The van der Waals surface area contributed by atoms with Crippen molar-refractivity contribution in [3.8, 4) is 0 Å². The zero-order chi connectivity index (χ0) is 19.5. The maximum atomic E-state index is 13.2. The Labute approximate surface area is 164 Å². The summed E-state index contributed by atoms with van der Waals surface area (Å²) >= 11 is 0. The largest absolute Gasteiger partial charge is 0.338 e. The molecule has 2 aliphatic rings. The standard InChI is InChI=1S/C20H24N6O2/c1-15-13-18(27)23-16-5-2-3-6-17(16)26(15)19(28)14-24-9-11-25(12-10-24)20-21-7-4-8-22-20/h2-8,15H,9-14H2,1H3,(H,23,27)/t15-/m1/s1. The summed E-state index contributed by atoms with van der Waals surface area (Å²) in [5.41, 5.74) is 1.46. The van der Waals surface area contributed by atoms with Crippen molar-refractivity contribution in [3.05, 3.63) is 42.7 Å². The van der Waals surface area contributed by atoms with E-state index in [9.17, 15) is 9.59 Å². The first-order valence-electron chi connectivity index (χ1n) is 9.57. The van der Waals surface area contributed by atoms with Crippen LogP contribution in [0.3, 0.4) is 0 Å². The van der Waals surface area contributed by atoms with Crippen LogP contribution in [0.4, 0.5) is 17.3 Å². The SMILES string of the molecule is C[C@@H]1CC(=O)Nc2ccccc2N1C(=O)CN1CCN(c2ncccn2)CC1. The van der Waals surface area contributed by atoms with Gasteiger partial charge in [0, 0.05) is 51.0 Å². The van der Waals surface area contributed by atoms with Crippen LogP contribution < -0.4 is 15.1 Å². The highest BCUT2D eigenvalue weighted by molar-refractivity contribution is 6.04. The van der Waals surface area contributed by atoms with Gasteiger partial charge in [0.25, 0.3) is 0 Å². The lowest BCUT2D eigenvalue weighted by Crippen LogP contribution is -2.51. The van der Waals surface area contributed by atoms with Crippen LogP contribution >= 0.6 is 0 Å². The molecule has 8 nitrogen and oxygen atoms in total. The lowest BCUT2D eigenvalue weighted by atomic mass is 10.1. The summed E-state index contributed by atoms with van der Waals surface area (Å²) in [6, 6.07) is 9.10. The molecule has 0 bridgehead atoms. The quantitative estimate of drug-likeness (QED) is 0.866. The van der Waals surface area contributed by atoms with E-state index in [1.54, 1.807) is 23.4 Å². The lowest BCUT2D eigenvalue weighted by Gasteiger charge is -2.36. The molecule has 4 rings (SSSR count). The van der Waals surface area contributed by atoms with Gasteiger partial charge < -0.3 is 15.1 Å². The Balaban J connectivity index is 1.43. The van der Waals surface area contributed by atoms with E-state index in [0.717, 1.165) is 37.8 Å². The van der Waals surface area contributed by atoms with Gasteiger partial charge in [0.15, 0.2) is 0 Å². The predicted octanol–water partition coefficient (Wildman–Crippen LogP) is 1.36. The fraction of sp³-hybridized carbons (Fsp3) is 0.400. The Morgan fingerprint density at radius 2 is 1.82 bits per heavy atom. The molecule has 2 aromatic rings. The summed E-state index contributed by atoms with van der Waals surface area (Å²) in [5, 5.41) is 2.90. The van der Waals surface area contributed by atoms with E-state index in [0.29, 0.717) is 18.7 Å². The van der Waals surface area contributed by atoms with Crippen molar-refractivity contribution in [1.29, 1.82) is 0 Å². The summed E-state index contributed by atoms with van der Waals surface area (Å²) in [6.45, 7) is 5.35. The van der Waals surface area contributed by atoms with Gasteiger partial charge in [0.05, 0.1) is 17.9 Å². The first-order valence-corrected chi connectivity index (χ1v) is 9.57. The number of hydrogen-bond acceptors (Lipinski definition) is 6. The number of hydrogen-bond donors (Lipinski definition) is 1. The summed E-state index contributed by atoms with van der Waals surface area (Å²) in [7, 11) is 0. The van der Waals surface area contributed by atoms with E-state index >= 15 is 0 Å². The van der Waals surface area contributed by atoms with Crippen LogP contribution in [0, 0.1) is 0 Å². The molecule has 0 unspecified atom stereocenters. The molecule has 1 aromatic heterocycles. The zero-order valence-electron chi connectivity index (χ0n) is 15.9. The van der Waals surface area contributed by atoms with E-state index < -0.39 is 0 Å². The lowest BCUT2D eigenvalue weighted by molar-refractivity contribution is -0.120. The Kier molecular flexibility index (Phi) is 5.21. The number of aromatic nitrogens is 2. The van der Waals surface area contributed by atoms with Gasteiger partial charge in [0.2, 0.25) is 17.8 Å². The van der Waals surface area contributed by atoms with Crippen LogP contribution in [0.25, 0.3) is 0 Å². The number of para-hydroxylation sites is 2. The van der Waals surface area contributed by atoms with Gasteiger partial charge in [-0.15, -0.1) is 0 Å². The van der Waals surface area contributed by atoms with Crippen molar-refractivity contribution in [2.45, 2.75) is 19.4 Å². The van der Waals surface area contributed by atoms with Gasteiger partial charge >= 0.3 is 0 Å². The average molecular weight is 380 g/mol. The number of carbonyl (C=O) groups excluding carboxylic acids is 2. The Morgan fingerprint density at radius 3 is 2.57 bits per heavy atom. The van der Waals surface area contributed by atoms with Crippen molar-refractivity contribution in [2.24, 2.45) is 0 Å². The van der Waals surface area contributed by atoms with E-state index in [-0.39, 0.29) is 17.9 Å². The minimum Gasteiger partial charge on any atom is -0.338 e. The molecule has 28 heavy (non-hydrogen) atoms. The van der Waals surface area contributed by atoms with E-state index in [1.807, 2.05) is 31.2 Å².